The normalized spacial score (nSPS) is 26.5. The Hall–Kier alpha value is -5.04. The molecule has 0 bridgehead atoms. The standard InChI is InChI=1S/C72H123N9O18/c1-61(2)31-43(32-62(3,4)76(61)88-25)94-55(82)49(56(83)95-44-33-63(5,6)77(89-26)64(7,8)34-44)52-73-53(50(57(84)96-45-35-65(9,10)78(90-27)66(11,12)36-45)58(85)97-46-37-67(13,14)79(91-28)68(15,16)38-46)75-54(74-52)51(59(86)98-47-39-69(17,18)80(92-29)70(19,20)40-47)60(87)99-48-41-71(21,22)81(93-30)72(23,24)42-48/h43-48,73-75H,31-42H2,1-30H3. The summed E-state index contributed by atoms with van der Waals surface area (Å²) in [5.41, 5.74) is -11.1. The molecular weight excluding hydrogens is 1280 g/mol. The molecule has 27 nitrogen and oxygen atoms in total. The Kier molecular flexibility index (Phi) is 23.4. The van der Waals surface area contributed by atoms with Crippen LogP contribution in [0.15, 0.2) is 34.2 Å². The molecule has 564 valence electrons. The highest BCUT2D eigenvalue weighted by atomic mass is 16.7. The van der Waals surface area contributed by atoms with Gasteiger partial charge in [-0.05, 0) is 166 Å². The monoisotopic (exact) mass is 1400 g/mol. The second kappa shape index (κ2) is 28.5. The first-order chi connectivity index (χ1) is 45.1. The summed E-state index contributed by atoms with van der Waals surface area (Å²) in [6, 6.07) is 0. The number of nitrogens with one attached hydrogen (secondary N) is 3. The Morgan fingerprint density at radius 1 is 0.232 bits per heavy atom. The van der Waals surface area contributed by atoms with Crippen molar-refractivity contribution in [1.29, 1.82) is 0 Å². The highest BCUT2D eigenvalue weighted by Crippen LogP contribution is 2.47. The van der Waals surface area contributed by atoms with E-state index in [9.17, 15) is 0 Å². The molecule has 0 aromatic rings. The van der Waals surface area contributed by atoms with Gasteiger partial charge < -0.3 is 73.4 Å². The van der Waals surface area contributed by atoms with Gasteiger partial charge in [0.05, 0.1) is 42.7 Å². The van der Waals surface area contributed by atoms with Crippen LogP contribution in [0.25, 0.3) is 0 Å². The van der Waals surface area contributed by atoms with Crippen LogP contribution in [-0.4, -0.2) is 212 Å². The van der Waals surface area contributed by atoms with E-state index in [1.165, 1.54) is 0 Å². The Morgan fingerprint density at radius 3 is 0.424 bits per heavy atom. The summed E-state index contributed by atoms with van der Waals surface area (Å²) in [7, 11) is 9.46. The van der Waals surface area contributed by atoms with Crippen molar-refractivity contribution in [3.8, 4) is 0 Å². The van der Waals surface area contributed by atoms with Gasteiger partial charge in [0.15, 0.2) is 16.7 Å². The first-order valence-electron chi connectivity index (χ1n) is 35.0. The topological polar surface area (TPSA) is 269 Å². The quantitative estimate of drug-likeness (QED) is 0.0379. The lowest BCUT2D eigenvalue weighted by Crippen LogP contribution is -2.62. The van der Waals surface area contributed by atoms with Crippen LogP contribution in [0.3, 0.4) is 0 Å². The van der Waals surface area contributed by atoms with Crippen LogP contribution in [0.4, 0.5) is 0 Å². The maximum absolute atomic E-state index is 15.9. The molecule has 3 N–H and O–H groups in total. The smallest absolute Gasteiger partial charge is 0.349 e. The fourth-order valence-electron chi connectivity index (χ4n) is 19.5. The van der Waals surface area contributed by atoms with Crippen molar-refractivity contribution in [2.24, 2.45) is 0 Å². The molecule has 27 heteroatoms. The van der Waals surface area contributed by atoms with Gasteiger partial charge >= 0.3 is 35.8 Å². The Balaban J connectivity index is 1.56. The minimum absolute atomic E-state index is 0.232. The number of rotatable bonds is 18. The predicted molar refractivity (Wildman–Crippen MR) is 367 cm³/mol. The average Bonchev–Trinajstić information content (AvgIpc) is 0.782. The van der Waals surface area contributed by atoms with Crippen molar-refractivity contribution in [2.75, 3.05) is 42.7 Å². The maximum atomic E-state index is 15.9. The molecule has 0 saturated carbocycles. The van der Waals surface area contributed by atoms with Crippen molar-refractivity contribution in [2.45, 2.75) is 346 Å². The minimum Gasteiger partial charge on any atom is -0.458 e. The largest absolute Gasteiger partial charge is 0.458 e. The lowest BCUT2D eigenvalue weighted by atomic mass is 9.80. The zero-order valence-electron chi connectivity index (χ0n) is 65.5. The third kappa shape index (κ3) is 17.3. The van der Waals surface area contributed by atoms with Crippen molar-refractivity contribution in [3.05, 3.63) is 34.2 Å². The maximum Gasteiger partial charge on any atom is 0.349 e. The highest BCUT2D eigenvalue weighted by molar-refractivity contribution is 6.17. The molecule has 0 unspecified atom stereocenters. The minimum atomic E-state index is -1.20. The van der Waals surface area contributed by atoms with Crippen LogP contribution in [0.2, 0.25) is 0 Å². The van der Waals surface area contributed by atoms with Gasteiger partial charge in [-0.2, -0.15) is 30.4 Å². The number of hydrogen-bond donors (Lipinski definition) is 3. The van der Waals surface area contributed by atoms with E-state index in [0.717, 1.165) is 0 Å². The molecule has 99 heavy (non-hydrogen) atoms. The first-order valence-corrected chi connectivity index (χ1v) is 35.0. The van der Waals surface area contributed by atoms with Gasteiger partial charge in [0.2, 0.25) is 0 Å². The van der Waals surface area contributed by atoms with E-state index in [2.05, 4.69) is 16.0 Å². The van der Waals surface area contributed by atoms with Crippen molar-refractivity contribution < 1.29 is 86.2 Å². The second-order valence-electron chi connectivity index (χ2n) is 35.8. The van der Waals surface area contributed by atoms with Gasteiger partial charge in [-0.3, -0.25) is 0 Å². The van der Waals surface area contributed by atoms with Crippen LogP contribution in [-0.2, 0) is 86.2 Å². The third-order valence-electron chi connectivity index (χ3n) is 20.8. The predicted octanol–water partition coefficient (Wildman–Crippen LogP) is 9.16. The van der Waals surface area contributed by atoms with E-state index in [1.54, 1.807) is 42.7 Å². The van der Waals surface area contributed by atoms with Crippen LogP contribution in [0.1, 0.15) is 243 Å². The number of hydroxylamine groups is 12. The average molecular weight is 1400 g/mol. The number of piperidine rings is 6. The number of carbonyl (C=O) groups is 6. The number of nitrogens with zero attached hydrogens (tertiary/aromatic N) is 6. The van der Waals surface area contributed by atoms with Gasteiger partial charge in [0.1, 0.15) is 54.1 Å². The lowest BCUT2D eigenvalue weighted by Gasteiger charge is -2.53. The number of hydrogen-bond acceptors (Lipinski definition) is 27. The third-order valence-corrected chi connectivity index (χ3v) is 20.8. The molecule has 7 aliphatic heterocycles. The van der Waals surface area contributed by atoms with Crippen molar-refractivity contribution in [1.82, 2.24) is 46.3 Å². The summed E-state index contributed by atoms with van der Waals surface area (Å²) in [6.07, 6.45) is -2.39. The summed E-state index contributed by atoms with van der Waals surface area (Å²) in [5, 5.41) is 20.2. The van der Waals surface area contributed by atoms with Crippen molar-refractivity contribution in [3.63, 3.8) is 0 Å². The van der Waals surface area contributed by atoms with E-state index >= 15 is 28.8 Å². The van der Waals surface area contributed by atoms with Gasteiger partial charge in [-0.15, -0.1) is 0 Å². The van der Waals surface area contributed by atoms with Gasteiger partial charge in [0, 0.05) is 144 Å². The van der Waals surface area contributed by atoms with E-state index < -0.39 is 173 Å². The zero-order chi connectivity index (χ0) is 74.9. The molecule has 7 aliphatic rings. The Labute approximate surface area is 589 Å². The fraction of sp³-hybridized carbons (Fsp3) is 0.833. The molecule has 0 radical (unpaired) electrons. The summed E-state index contributed by atoms with van der Waals surface area (Å²) in [5.74, 6) is -8.88. The fourth-order valence-corrected chi connectivity index (χ4v) is 19.5. The summed E-state index contributed by atoms with van der Waals surface area (Å²) in [4.78, 5) is 131. The van der Waals surface area contributed by atoms with Gasteiger partial charge in [-0.1, -0.05) is 0 Å². The number of carbonyl (C=O) groups excluding carboxylic acids is 6. The Bertz CT molecular complexity index is 2520. The highest BCUT2D eigenvalue weighted by Gasteiger charge is 2.56. The molecule has 7 heterocycles. The van der Waals surface area contributed by atoms with Crippen LogP contribution in [0.5, 0.6) is 0 Å². The summed E-state index contributed by atoms with van der Waals surface area (Å²) < 4.78 is 39.3. The Morgan fingerprint density at radius 2 is 0.333 bits per heavy atom. The number of esters is 6. The van der Waals surface area contributed by atoms with Crippen LogP contribution in [0, 0.1) is 0 Å². The summed E-state index contributed by atoms with van der Waals surface area (Å²) in [6.45, 7) is 46.7. The second-order valence-corrected chi connectivity index (χ2v) is 35.8. The SMILES string of the molecule is CON1C(C)(C)CC(OC(=O)C(C(=O)OC2CC(C)(C)N(OC)C(C)(C)C2)=C2NC(=C(C(=O)OC3CC(C)(C)N(OC)C(C)(C)C3)C(=O)OC3CC(C)(C)N(OC)C(C)(C)C3)NC(=C(C(=O)OC3CC(C)(C)N(OC)C(C)(C)C3)C(=O)OC3CC(C)(C)N(OC)C(C)(C)C3)N2)CC1(C)C. The molecule has 0 aromatic carbocycles. The molecule has 0 aromatic heterocycles. The molecule has 0 aliphatic carbocycles. The molecule has 0 spiro atoms. The lowest BCUT2D eigenvalue weighted by molar-refractivity contribution is -0.278. The van der Waals surface area contributed by atoms with E-state index in [1.807, 2.05) is 197 Å². The van der Waals surface area contributed by atoms with Gasteiger partial charge in [-0.25, -0.2) is 28.8 Å². The van der Waals surface area contributed by atoms with E-state index in [-0.39, 0.29) is 77.0 Å². The molecule has 7 saturated heterocycles. The molecule has 7 fully saturated rings. The molecular formula is C72H123N9O18. The van der Waals surface area contributed by atoms with E-state index in [0.29, 0.717) is 0 Å². The molecule has 0 amide bonds. The molecule has 0 atom stereocenters. The van der Waals surface area contributed by atoms with E-state index in [4.69, 9.17) is 57.4 Å². The molecule has 7 rings (SSSR count). The summed E-state index contributed by atoms with van der Waals surface area (Å²) >= 11 is 0. The van der Waals surface area contributed by atoms with Gasteiger partial charge in [0.25, 0.3) is 0 Å². The van der Waals surface area contributed by atoms with Crippen LogP contribution < -0.4 is 16.0 Å². The zero-order valence-corrected chi connectivity index (χ0v) is 65.5. The first kappa shape index (κ1) is 81.3. The van der Waals surface area contributed by atoms with Crippen molar-refractivity contribution >= 4 is 35.8 Å². The van der Waals surface area contributed by atoms with Crippen LogP contribution >= 0.6 is 0 Å². The number of ether oxygens (including phenoxy) is 6.